The Labute approximate surface area is 106 Å². The fraction of sp³-hybridized carbons (Fsp3) is 0.615. The Hall–Kier alpha value is -1.23. The average molecular weight is 255 g/mol. The standard InChI is InChI=1S/C13H19F2N3/c14-11-9-12(15)13(17-10-11)16-5-8-18-6-3-1-2-4-7-18/h9-10H,1-8H2,(H,16,17). The molecule has 2 rings (SSSR count). The van der Waals surface area contributed by atoms with Crippen LogP contribution in [0.4, 0.5) is 14.6 Å². The van der Waals surface area contributed by atoms with E-state index in [1.165, 1.54) is 25.7 Å². The van der Waals surface area contributed by atoms with Crippen LogP contribution in [0, 0.1) is 11.6 Å². The van der Waals surface area contributed by atoms with Crippen LogP contribution in [0.15, 0.2) is 12.3 Å². The zero-order valence-electron chi connectivity index (χ0n) is 10.5. The van der Waals surface area contributed by atoms with Gasteiger partial charge in [-0.2, -0.15) is 0 Å². The van der Waals surface area contributed by atoms with E-state index in [2.05, 4.69) is 15.2 Å². The Morgan fingerprint density at radius 1 is 1.17 bits per heavy atom. The molecule has 1 saturated heterocycles. The van der Waals surface area contributed by atoms with Crippen molar-refractivity contribution >= 4 is 5.82 Å². The van der Waals surface area contributed by atoms with Crippen LogP contribution in [-0.2, 0) is 0 Å². The van der Waals surface area contributed by atoms with Gasteiger partial charge in [-0.05, 0) is 25.9 Å². The molecule has 3 nitrogen and oxygen atoms in total. The maximum absolute atomic E-state index is 13.3. The lowest BCUT2D eigenvalue weighted by Crippen LogP contribution is -2.30. The molecule has 1 fully saturated rings. The number of hydrogen-bond acceptors (Lipinski definition) is 3. The smallest absolute Gasteiger partial charge is 0.168 e. The Morgan fingerprint density at radius 3 is 2.56 bits per heavy atom. The highest BCUT2D eigenvalue weighted by atomic mass is 19.1. The average Bonchev–Trinajstić information content (AvgIpc) is 2.60. The number of pyridine rings is 1. The molecule has 18 heavy (non-hydrogen) atoms. The van der Waals surface area contributed by atoms with Crippen molar-refractivity contribution in [2.75, 3.05) is 31.5 Å². The number of rotatable bonds is 4. The maximum Gasteiger partial charge on any atom is 0.168 e. The van der Waals surface area contributed by atoms with E-state index < -0.39 is 11.6 Å². The summed E-state index contributed by atoms with van der Waals surface area (Å²) in [6.45, 7) is 3.73. The van der Waals surface area contributed by atoms with Crippen molar-refractivity contribution in [2.24, 2.45) is 0 Å². The summed E-state index contributed by atoms with van der Waals surface area (Å²) in [5.74, 6) is -1.15. The highest BCUT2D eigenvalue weighted by molar-refractivity contribution is 5.35. The second kappa shape index (κ2) is 6.64. The fourth-order valence-corrected chi connectivity index (χ4v) is 2.24. The van der Waals surface area contributed by atoms with Crippen LogP contribution in [0.25, 0.3) is 0 Å². The first-order valence-corrected chi connectivity index (χ1v) is 6.53. The first-order chi connectivity index (χ1) is 8.75. The van der Waals surface area contributed by atoms with Crippen LogP contribution >= 0.6 is 0 Å². The molecule has 100 valence electrons. The summed E-state index contributed by atoms with van der Waals surface area (Å²) in [4.78, 5) is 6.08. The maximum atomic E-state index is 13.3. The van der Waals surface area contributed by atoms with Crippen LogP contribution < -0.4 is 5.32 Å². The number of nitrogens with zero attached hydrogens (tertiary/aromatic N) is 2. The Bertz CT molecular complexity index is 376. The van der Waals surface area contributed by atoms with Gasteiger partial charge in [0.2, 0.25) is 0 Å². The minimum Gasteiger partial charge on any atom is -0.366 e. The van der Waals surface area contributed by atoms with Gasteiger partial charge in [-0.25, -0.2) is 13.8 Å². The third-order valence-corrected chi connectivity index (χ3v) is 3.23. The van der Waals surface area contributed by atoms with Gasteiger partial charge in [-0.1, -0.05) is 12.8 Å². The molecule has 1 aromatic rings. The molecule has 1 aliphatic heterocycles. The predicted molar refractivity (Wildman–Crippen MR) is 67.6 cm³/mol. The van der Waals surface area contributed by atoms with E-state index in [1.807, 2.05) is 0 Å². The molecule has 0 spiro atoms. The third kappa shape index (κ3) is 3.91. The Kier molecular flexibility index (Phi) is 4.87. The molecule has 1 aliphatic rings. The summed E-state index contributed by atoms with van der Waals surface area (Å²) in [7, 11) is 0. The van der Waals surface area contributed by atoms with Crippen molar-refractivity contribution in [3.05, 3.63) is 23.9 Å². The molecule has 0 aromatic carbocycles. The molecule has 5 heteroatoms. The normalized spacial score (nSPS) is 17.4. The zero-order valence-corrected chi connectivity index (χ0v) is 10.5. The van der Waals surface area contributed by atoms with Gasteiger partial charge in [0.05, 0.1) is 6.20 Å². The Balaban J connectivity index is 1.77. The number of likely N-dealkylation sites (tertiary alicyclic amines) is 1. The molecule has 1 aromatic heterocycles. The SMILES string of the molecule is Fc1cnc(NCCN2CCCCCC2)c(F)c1. The van der Waals surface area contributed by atoms with Crippen LogP contribution in [0.5, 0.6) is 0 Å². The van der Waals surface area contributed by atoms with Crippen molar-refractivity contribution in [2.45, 2.75) is 25.7 Å². The minimum absolute atomic E-state index is 0.131. The van der Waals surface area contributed by atoms with E-state index in [-0.39, 0.29) is 5.82 Å². The number of nitrogens with one attached hydrogen (secondary N) is 1. The first kappa shape index (κ1) is 13.2. The van der Waals surface area contributed by atoms with Gasteiger partial charge in [0, 0.05) is 19.2 Å². The summed E-state index contributed by atoms with van der Waals surface area (Å²) >= 11 is 0. The molecule has 0 saturated carbocycles. The lowest BCUT2D eigenvalue weighted by molar-refractivity contribution is 0.296. The Morgan fingerprint density at radius 2 is 1.89 bits per heavy atom. The summed E-state index contributed by atoms with van der Waals surface area (Å²) in [6, 6.07) is 0.848. The van der Waals surface area contributed by atoms with Gasteiger partial charge in [0.15, 0.2) is 11.6 Å². The lowest BCUT2D eigenvalue weighted by atomic mass is 10.2. The highest BCUT2D eigenvalue weighted by Crippen LogP contribution is 2.12. The molecule has 0 amide bonds. The van der Waals surface area contributed by atoms with Crippen LogP contribution in [0.3, 0.4) is 0 Å². The fourth-order valence-electron chi connectivity index (χ4n) is 2.24. The van der Waals surface area contributed by atoms with Crippen LogP contribution in [0.1, 0.15) is 25.7 Å². The van der Waals surface area contributed by atoms with E-state index >= 15 is 0 Å². The number of halogens is 2. The molecule has 1 N–H and O–H groups in total. The largest absolute Gasteiger partial charge is 0.366 e. The van der Waals surface area contributed by atoms with E-state index in [9.17, 15) is 8.78 Å². The van der Waals surface area contributed by atoms with Gasteiger partial charge in [0.1, 0.15) is 5.82 Å². The molecule has 0 radical (unpaired) electrons. The minimum atomic E-state index is -0.648. The molecule has 0 unspecified atom stereocenters. The lowest BCUT2D eigenvalue weighted by Gasteiger charge is -2.19. The quantitative estimate of drug-likeness (QED) is 0.896. The summed E-state index contributed by atoms with van der Waals surface area (Å²) in [5, 5.41) is 2.91. The van der Waals surface area contributed by atoms with E-state index in [0.29, 0.717) is 6.54 Å². The molecule has 0 aliphatic carbocycles. The summed E-state index contributed by atoms with van der Waals surface area (Å²) < 4.78 is 26.0. The van der Waals surface area contributed by atoms with E-state index in [0.717, 1.165) is 31.9 Å². The van der Waals surface area contributed by atoms with Gasteiger partial charge < -0.3 is 10.2 Å². The summed E-state index contributed by atoms with van der Waals surface area (Å²) in [6.07, 6.45) is 6.11. The predicted octanol–water partition coefficient (Wildman–Crippen LogP) is 2.65. The molecule has 0 atom stereocenters. The molecule has 0 bridgehead atoms. The first-order valence-electron chi connectivity index (χ1n) is 6.53. The van der Waals surface area contributed by atoms with Gasteiger partial charge >= 0.3 is 0 Å². The molecular formula is C13H19F2N3. The number of aromatic nitrogens is 1. The van der Waals surface area contributed by atoms with Crippen molar-refractivity contribution in [3.63, 3.8) is 0 Å². The zero-order chi connectivity index (χ0) is 12.8. The van der Waals surface area contributed by atoms with Crippen molar-refractivity contribution in [3.8, 4) is 0 Å². The number of anilines is 1. The topological polar surface area (TPSA) is 28.2 Å². The third-order valence-electron chi connectivity index (χ3n) is 3.23. The molecule has 2 heterocycles. The number of hydrogen-bond donors (Lipinski definition) is 1. The molecular weight excluding hydrogens is 236 g/mol. The van der Waals surface area contributed by atoms with E-state index in [1.54, 1.807) is 0 Å². The van der Waals surface area contributed by atoms with Gasteiger partial charge in [-0.3, -0.25) is 0 Å². The monoisotopic (exact) mass is 255 g/mol. The second-order valence-electron chi connectivity index (χ2n) is 4.67. The second-order valence-corrected chi connectivity index (χ2v) is 4.67. The van der Waals surface area contributed by atoms with Crippen LogP contribution in [0.2, 0.25) is 0 Å². The van der Waals surface area contributed by atoms with Gasteiger partial charge in [-0.15, -0.1) is 0 Å². The highest BCUT2D eigenvalue weighted by Gasteiger charge is 2.09. The van der Waals surface area contributed by atoms with Crippen molar-refractivity contribution < 1.29 is 8.78 Å². The van der Waals surface area contributed by atoms with E-state index in [4.69, 9.17) is 0 Å². The summed E-state index contributed by atoms with van der Waals surface area (Å²) in [5.41, 5.74) is 0. The van der Waals surface area contributed by atoms with Crippen molar-refractivity contribution in [1.29, 1.82) is 0 Å². The van der Waals surface area contributed by atoms with Crippen molar-refractivity contribution in [1.82, 2.24) is 9.88 Å². The van der Waals surface area contributed by atoms with Gasteiger partial charge in [0.25, 0.3) is 0 Å². The van der Waals surface area contributed by atoms with Crippen LogP contribution in [-0.4, -0.2) is 36.1 Å².